The molecule has 1 heterocycles. The van der Waals surface area contributed by atoms with Crippen molar-refractivity contribution in [3.05, 3.63) is 58.4 Å². The lowest BCUT2D eigenvalue weighted by molar-refractivity contribution is 0.410. The molecule has 1 N–H and O–H groups in total. The third-order valence-corrected chi connectivity index (χ3v) is 3.07. The van der Waals surface area contributed by atoms with Crippen molar-refractivity contribution in [2.45, 2.75) is 13.0 Å². The highest BCUT2D eigenvalue weighted by molar-refractivity contribution is 6.31. The topological polar surface area (TPSA) is 24.9 Å². The van der Waals surface area contributed by atoms with Crippen molar-refractivity contribution in [1.29, 1.82) is 0 Å². The molecule has 7 heteroatoms. The van der Waals surface area contributed by atoms with Crippen LogP contribution < -0.4 is 5.32 Å². The fourth-order valence-electron chi connectivity index (χ4n) is 1.73. The number of aromatic nitrogens is 1. The van der Waals surface area contributed by atoms with Crippen molar-refractivity contribution in [2.24, 2.45) is 0 Å². The highest BCUT2D eigenvalue weighted by atomic mass is 35.5. The molecule has 0 bridgehead atoms. The number of benzene rings is 1. The monoisotopic (exact) mass is 304 g/mol. The van der Waals surface area contributed by atoms with Gasteiger partial charge in [0.25, 0.3) is 11.9 Å². The van der Waals surface area contributed by atoms with E-state index in [9.17, 15) is 17.6 Å². The largest absolute Gasteiger partial charge is 0.373 e. The number of hydrogen-bond donors (Lipinski definition) is 1. The molecule has 0 radical (unpaired) electrons. The van der Waals surface area contributed by atoms with Crippen LogP contribution >= 0.6 is 11.6 Å². The predicted octanol–water partition coefficient (Wildman–Crippen LogP) is 4.46. The fraction of sp³-hybridized carbons (Fsp3) is 0.154. The van der Waals surface area contributed by atoms with E-state index in [1.54, 1.807) is 31.2 Å². The zero-order valence-electron chi connectivity index (χ0n) is 10.2. The summed E-state index contributed by atoms with van der Waals surface area (Å²) in [6, 6.07) is 5.93. The van der Waals surface area contributed by atoms with E-state index >= 15 is 0 Å². The van der Waals surface area contributed by atoms with E-state index in [1.165, 1.54) is 0 Å². The van der Waals surface area contributed by atoms with Crippen LogP contribution in [0.5, 0.6) is 0 Å². The van der Waals surface area contributed by atoms with Crippen molar-refractivity contribution in [3.8, 4) is 0 Å². The van der Waals surface area contributed by atoms with E-state index in [0.717, 1.165) is 0 Å². The maximum atomic E-state index is 13.5. The maximum absolute atomic E-state index is 13.5. The Morgan fingerprint density at radius 1 is 1.05 bits per heavy atom. The SMILES string of the molecule is CC(Nc1c(F)c(F)nc(F)c1F)c1ccccc1Cl. The number of rotatable bonds is 3. The Balaban J connectivity index is 2.38. The van der Waals surface area contributed by atoms with Gasteiger partial charge in [-0.3, -0.25) is 0 Å². The van der Waals surface area contributed by atoms with E-state index in [1.807, 2.05) is 0 Å². The molecule has 0 spiro atoms. The van der Waals surface area contributed by atoms with Gasteiger partial charge in [0.2, 0.25) is 11.6 Å². The molecule has 0 amide bonds. The van der Waals surface area contributed by atoms with Crippen LogP contribution in [0.2, 0.25) is 5.02 Å². The smallest absolute Gasteiger partial charge is 0.253 e. The van der Waals surface area contributed by atoms with E-state index < -0.39 is 35.3 Å². The summed E-state index contributed by atoms with van der Waals surface area (Å²) >= 11 is 5.94. The first kappa shape index (κ1) is 14.6. The van der Waals surface area contributed by atoms with Crippen LogP contribution in [0.25, 0.3) is 0 Å². The molecule has 20 heavy (non-hydrogen) atoms. The van der Waals surface area contributed by atoms with Gasteiger partial charge in [-0.05, 0) is 18.6 Å². The van der Waals surface area contributed by atoms with E-state index in [-0.39, 0.29) is 0 Å². The van der Waals surface area contributed by atoms with Gasteiger partial charge in [-0.15, -0.1) is 0 Å². The lowest BCUT2D eigenvalue weighted by atomic mass is 10.1. The lowest BCUT2D eigenvalue weighted by Gasteiger charge is -2.18. The predicted molar refractivity (Wildman–Crippen MR) is 67.6 cm³/mol. The van der Waals surface area contributed by atoms with Crippen molar-refractivity contribution in [2.75, 3.05) is 5.32 Å². The molecule has 1 atom stereocenters. The highest BCUT2D eigenvalue weighted by Gasteiger charge is 2.22. The highest BCUT2D eigenvalue weighted by Crippen LogP contribution is 2.29. The number of pyridine rings is 1. The summed E-state index contributed by atoms with van der Waals surface area (Å²) in [5.41, 5.74) is -0.381. The molecule has 2 nitrogen and oxygen atoms in total. The summed E-state index contributed by atoms with van der Waals surface area (Å²) in [4.78, 5) is 2.48. The maximum Gasteiger partial charge on any atom is 0.253 e. The molecule has 1 aromatic carbocycles. The Morgan fingerprint density at radius 2 is 1.60 bits per heavy atom. The fourth-order valence-corrected chi connectivity index (χ4v) is 2.03. The molecule has 0 aliphatic carbocycles. The molecule has 0 saturated carbocycles. The number of nitrogens with zero attached hydrogens (tertiary/aromatic N) is 1. The summed E-state index contributed by atoms with van der Waals surface area (Å²) in [5.74, 6) is -6.58. The molecule has 1 aromatic heterocycles. The van der Waals surface area contributed by atoms with E-state index in [0.29, 0.717) is 10.6 Å². The van der Waals surface area contributed by atoms with Gasteiger partial charge >= 0.3 is 0 Å². The molecular weight excluding hydrogens is 296 g/mol. The van der Waals surface area contributed by atoms with Gasteiger partial charge in [0, 0.05) is 5.02 Å². The van der Waals surface area contributed by atoms with Crippen LogP contribution in [0.4, 0.5) is 23.2 Å². The average molecular weight is 305 g/mol. The second-order valence-electron chi connectivity index (χ2n) is 4.08. The van der Waals surface area contributed by atoms with E-state index in [2.05, 4.69) is 10.3 Å². The first-order chi connectivity index (χ1) is 9.41. The standard InChI is InChI=1S/C13H9ClF4N2/c1-6(7-4-2-3-5-8(7)14)19-11-9(15)12(17)20-13(18)10(11)16/h2-6H,1H3,(H,19,20). The van der Waals surface area contributed by atoms with Crippen molar-refractivity contribution >= 4 is 17.3 Å². The first-order valence-corrected chi connectivity index (χ1v) is 6.00. The summed E-state index contributed by atoms with van der Waals surface area (Å²) in [6.07, 6.45) is 0. The minimum Gasteiger partial charge on any atom is -0.373 e. The zero-order valence-corrected chi connectivity index (χ0v) is 11.0. The quantitative estimate of drug-likeness (QED) is 0.669. The normalized spacial score (nSPS) is 12.3. The molecular formula is C13H9ClF4N2. The van der Waals surface area contributed by atoms with Crippen LogP contribution in [0.1, 0.15) is 18.5 Å². The summed E-state index contributed by atoms with van der Waals surface area (Å²) in [6.45, 7) is 1.55. The van der Waals surface area contributed by atoms with Crippen LogP contribution in [-0.2, 0) is 0 Å². The minimum absolute atomic E-state index is 0.364. The van der Waals surface area contributed by atoms with Gasteiger partial charge in [-0.2, -0.15) is 22.5 Å². The Morgan fingerprint density at radius 3 is 2.15 bits per heavy atom. The Labute approximate surface area is 117 Å². The summed E-state index contributed by atoms with van der Waals surface area (Å²) in [7, 11) is 0. The first-order valence-electron chi connectivity index (χ1n) is 5.62. The second kappa shape index (κ2) is 5.66. The third kappa shape index (κ3) is 2.70. The molecule has 2 aromatic rings. The van der Waals surface area contributed by atoms with Gasteiger partial charge in [-0.25, -0.2) is 0 Å². The van der Waals surface area contributed by atoms with Crippen LogP contribution in [0.15, 0.2) is 24.3 Å². The summed E-state index contributed by atoms with van der Waals surface area (Å²) in [5, 5.41) is 2.73. The zero-order chi connectivity index (χ0) is 14.9. The Hall–Kier alpha value is -1.82. The molecule has 0 fully saturated rings. The van der Waals surface area contributed by atoms with Gasteiger partial charge in [0.1, 0.15) is 5.69 Å². The average Bonchev–Trinajstić information content (AvgIpc) is 2.41. The van der Waals surface area contributed by atoms with Crippen LogP contribution in [0, 0.1) is 23.5 Å². The van der Waals surface area contributed by atoms with Gasteiger partial charge in [0.05, 0.1) is 6.04 Å². The second-order valence-corrected chi connectivity index (χ2v) is 4.49. The number of halogens is 5. The Kier molecular flexibility index (Phi) is 4.13. The van der Waals surface area contributed by atoms with Crippen molar-refractivity contribution in [3.63, 3.8) is 0 Å². The summed E-state index contributed by atoms with van der Waals surface area (Å²) < 4.78 is 52.9. The molecule has 0 aliphatic rings. The van der Waals surface area contributed by atoms with Gasteiger partial charge in [0.15, 0.2) is 0 Å². The number of hydrogen-bond acceptors (Lipinski definition) is 2. The lowest BCUT2D eigenvalue weighted by Crippen LogP contribution is -2.13. The molecule has 2 rings (SSSR count). The van der Waals surface area contributed by atoms with Crippen molar-refractivity contribution < 1.29 is 17.6 Å². The molecule has 0 aliphatic heterocycles. The van der Waals surface area contributed by atoms with Crippen molar-refractivity contribution in [1.82, 2.24) is 4.98 Å². The molecule has 106 valence electrons. The minimum atomic E-state index is -1.71. The van der Waals surface area contributed by atoms with E-state index in [4.69, 9.17) is 11.6 Å². The third-order valence-electron chi connectivity index (χ3n) is 2.73. The molecule has 1 unspecified atom stereocenters. The van der Waals surface area contributed by atoms with Crippen LogP contribution in [-0.4, -0.2) is 4.98 Å². The number of nitrogens with one attached hydrogen (secondary N) is 1. The van der Waals surface area contributed by atoms with Crippen LogP contribution in [0.3, 0.4) is 0 Å². The molecule has 0 saturated heterocycles. The number of anilines is 1. The Bertz CT molecular complexity index is 622. The van der Waals surface area contributed by atoms with Gasteiger partial charge < -0.3 is 5.32 Å². The van der Waals surface area contributed by atoms with Gasteiger partial charge in [-0.1, -0.05) is 29.8 Å².